The number of amides is 3. The Morgan fingerprint density at radius 3 is 1.73 bits per heavy atom. The highest BCUT2D eigenvalue weighted by Crippen LogP contribution is 2.44. The van der Waals surface area contributed by atoms with Gasteiger partial charge in [0.25, 0.3) is 0 Å². The molecule has 0 radical (unpaired) electrons. The van der Waals surface area contributed by atoms with Crippen LogP contribution in [0.5, 0.6) is 0 Å². The van der Waals surface area contributed by atoms with Crippen molar-refractivity contribution in [3.63, 3.8) is 0 Å². The Kier molecular flexibility index (Phi) is 12.6. The number of carbonyl (C=O) groups excluding carboxylic acids is 4. The van der Waals surface area contributed by atoms with Gasteiger partial charge in [0.15, 0.2) is 0 Å². The molecule has 0 saturated carbocycles. The van der Waals surface area contributed by atoms with E-state index in [0.717, 1.165) is 33.4 Å². The average Bonchev–Trinajstić information content (AvgIpc) is 3.45. The quantitative estimate of drug-likeness (QED) is 0.122. The predicted molar refractivity (Wildman–Crippen MR) is 197 cm³/mol. The van der Waals surface area contributed by atoms with Crippen molar-refractivity contribution in [2.75, 3.05) is 6.61 Å². The average molecular weight is 690 g/mol. The number of nitrogens with one attached hydrogen (secondary N) is 3. The standard InChI is InChI=1S/C42H47N3O6/c1-27(2)23-37(41(48)50-25-30-17-9-6-10-18-30)43-40(47)38(28(3)4)45-39(46)36(24-29-15-7-5-8-16-29)44-42(49)51-26-35-33-21-13-11-19-31(33)32-20-12-14-22-34(32)35/h5-22,27-28,35-38H,23-26H2,1-4H3,(H,43,47)(H,44,49)(H,45,46)/t36-,37-,38-/m0/s1. The second-order valence-corrected chi connectivity index (χ2v) is 13.7. The lowest BCUT2D eigenvalue weighted by atomic mass is 9.98. The van der Waals surface area contributed by atoms with Crippen molar-refractivity contribution in [2.45, 2.75) is 71.2 Å². The smallest absolute Gasteiger partial charge is 0.407 e. The first-order chi connectivity index (χ1) is 24.6. The molecular formula is C42H47N3O6. The van der Waals surface area contributed by atoms with Crippen LogP contribution < -0.4 is 16.0 Å². The number of carbonyl (C=O) groups is 4. The summed E-state index contributed by atoms with van der Waals surface area (Å²) in [5.41, 5.74) is 6.04. The number of fused-ring (bicyclic) bond motifs is 3. The fraction of sp³-hybridized carbons (Fsp3) is 0.333. The highest BCUT2D eigenvalue weighted by Gasteiger charge is 2.33. The molecule has 0 aliphatic heterocycles. The molecule has 9 heteroatoms. The van der Waals surface area contributed by atoms with Gasteiger partial charge in [-0.2, -0.15) is 0 Å². The lowest BCUT2D eigenvalue weighted by molar-refractivity contribution is -0.150. The number of esters is 1. The lowest BCUT2D eigenvalue weighted by Gasteiger charge is -2.27. The molecule has 9 nitrogen and oxygen atoms in total. The summed E-state index contributed by atoms with van der Waals surface area (Å²) in [6.45, 7) is 7.69. The van der Waals surface area contributed by atoms with E-state index in [1.165, 1.54) is 0 Å². The fourth-order valence-corrected chi connectivity index (χ4v) is 6.41. The molecule has 1 aliphatic carbocycles. The summed E-state index contributed by atoms with van der Waals surface area (Å²) in [5, 5.41) is 8.43. The molecule has 3 amide bonds. The number of ether oxygens (including phenoxy) is 2. The highest BCUT2D eigenvalue weighted by molar-refractivity contribution is 5.93. The Labute approximate surface area is 300 Å². The zero-order valence-corrected chi connectivity index (χ0v) is 29.6. The summed E-state index contributed by atoms with van der Waals surface area (Å²) in [5.74, 6) is -2.00. The Morgan fingerprint density at radius 1 is 0.608 bits per heavy atom. The van der Waals surface area contributed by atoms with Crippen LogP contribution in [0.25, 0.3) is 11.1 Å². The molecule has 0 spiro atoms. The van der Waals surface area contributed by atoms with E-state index in [0.29, 0.717) is 6.42 Å². The van der Waals surface area contributed by atoms with Crippen LogP contribution >= 0.6 is 0 Å². The zero-order valence-electron chi connectivity index (χ0n) is 29.6. The van der Waals surface area contributed by atoms with Crippen LogP contribution in [0.3, 0.4) is 0 Å². The molecule has 0 heterocycles. The van der Waals surface area contributed by atoms with Crippen molar-refractivity contribution >= 4 is 23.9 Å². The first-order valence-corrected chi connectivity index (χ1v) is 17.6. The first kappa shape index (κ1) is 36.8. The minimum atomic E-state index is -1.04. The summed E-state index contributed by atoms with van der Waals surface area (Å²) in [7, 11) is 0. The third-order valence-corrected chi connectivity index (χ3v) is 9.01. The van der Waals surface area contributed by atoms with Crippen LogP contribution in [0, 0.1) is 11.8 Å². The van der Waals surface area contributed by atoms with Crippen molar-refractivity contribution in [1.29, 1.82) is 0 Å². The van der Waals surface area contributed by atoms with Crippen LogP contribution in [0.15, 0.2) is 109 Å². The molecule has 266 valence electrons. The molecule has 3 N–H and O–H groups in total. The Hall–Kier alpha value is -5.44. The molecule has 4 aromatic rings. The molecule has 0 bridgehead atoms. The summed E-state index contributed by atoms with van der Waals surface area (Å²) in [6, 6.07) is 31.8. The monoisotopic (exact) mass is 689 g/mol. The number of hydrogen-bond donors (Lipinski definition) is 3. The maximum atomic E-state index is 13.9. The van der Waals surface area contributed by atoms with Gasteiger partial charge in [-0.05, 0) is 51.6 Å². The van der Waals surface area contributed by atoms with Gasteiger partial charge >= 0.3 is 12.1 Å². The second-order valence-electron chi connectivity index (χ2n) is 13.7. The summed E-state index contributed by atoms with van der Waals surface area (Å²) in [4.78, 5) is 54.1. The molecule has 1 aliphatic rings. The van der Waals surface area contributed by atoms with Crippen LogP contribution in [-0.4, -0.2) is 48.6 Å². The van der Waals surface area contributed by atoms with E-state index >= 15 is 0 Å². The van der Waals surface area contributed by atoms with Crippen LogP contribution in [0.1, 0.15) is 62.3 Å². The van der Waals surface area contributed by atoms with Gasteiger partial charge in [0, 0.05) is 12.3 Å². The molecule has 0 unspecified atom stereocenters. The normalized spacial score (nSPS) is 13.8. The van der Waals surface area contributed by atoms with Crippen molar-refractivity contribution in [1.82, 2.24) is 16.0 Å². The van der Waals surface area contributed by atoms with Gasteiger partial charge in [0.1, 0.15) is 31.3 Å². The molecule has 0 aromatic heterocycles. The molecule has 3 atom stereocenters. The van der Waals surface area contributed by atoms with Gasteiger partial charge in [-0.3, -0.25) is 9.59 Å². The van der Waals surface area contributed by atoms with Gasteiger partial charge in [0.2, 0.25) is 11.8 Å². The predicted octanol–water partition coefficient (Wildman–Crippen LogP) is 6.55. The Bertz CT molecular complexity index is 1750. The Balaban J connectivity index is 1.26. The first-order valence-electron chi connectivity index (χ1n) is 17.6. The van der Waals surface area contributed by atoms with Crippen molar-refractivity contribution in [2.24, 2.45) is 11.8 Å². The highest BCUT2D eigenvalue weighted by atomic mass is 16.5. The number of hydrogen-bond acceptors (Lipinski definition) is 6. The molecule has 4 aromatic carbocycles. The number of rotatable bonds is 15. The Morgan fingerprint density at radius 2 is 1.16 bits per heavy atom. The van der Waals surface area contributed by atoms with Crippen molar-refractivity contribution < 1.29 is 28.7 Å². The van der Waals surface area contributed by atoms with E-state index in [1.54, 1.807) is 13.8 Å². The van der Waals surface area contributed by atoms with Gasteiger partial charge in [-0.1, -0.05) is 137 Å². The summed E-state index contributed by atoms with van der Waals surface area (Å²) < 4.78 is 11.3. The summed E-state index contributed by atoms with van der Waals surface area (Å²) in [6.07, 6.45) is -0.208. The third kappa shape index (κ3) is 9.84. The van der Waals surface area contributed by atoms with E-state index in [2.05, 4.69) is 28.1 Å². The van der Waals surface area contributed by atoms with Crippen LogP contribution in [0.4, 0.5) is 4.79 Å². The van der Waals surface area contributed by atoms with E-state index in [-0.39, 0.29) is 37.4 Å². The lowest BCUT2D eigenvalue weighted by Crippen LogP contribution is -2.58. The molecule has 0 fully saturated rings. The van der Waals surface area contributed by atoms with Crippen LogP contribution in [-0.2, 0) is 36.9 Å². The largest absolute Gasteiger partial charge is 0.459 e. The third-order valence-electron chi connectivity index (χ3n) is 9.01. The van der Waals surface area contributed by atoms with Gasteiger partial charge < -0.3 is 25.4 Å². The fourth-order valence-electron chi connectivity index (χ4n) is 6.41. The molecule has 51 heavy (non-hydrogen) atoms. The number of benzene rings is 4. The maximum absolute atomic E-state index is 13.9. The molecular weight excluding hydrogens is 642 g/mol. The van der Waals surface area contributed by atoms with Gasteiger partial charge in [-0.15, -0.1) is 0 Å². The number of alkyl carbamates (subject to hydrolysis) is 1. The van der Waals surface area contributed by atoms with Gasteiger partial charge in [0.05, 0.1) is 0 Å². The minimum absolute atomic E-state index is 0.0805. The molecule has 5 rings (SSSR count). The van der Waals surface area contributed by atoms with E-state index in [1.807, 2.05) is 111 Å². The summed E-state index contributed by atoms with van der Waals surface area (Å²) >= 11 is 0. The van der Waals surface area contributed by atoms with E-state index in [4.69, 9.17) is 9.47 Å². The maximum Gasteiger partial charge on any atom is 0.407 e. The molecule has 0 saturated heterocycles. The second kappa shape index (κ2) is 17.5. The zero-order chi connectivity index (χ0) is 36.3. The SMILES string of the molecule is CC(C)C[C@H](NC(=O)[C@@H](NC(=O)[C@H](Cc1ccccc1)NC(=O)OCC1c2ccccc2-c2ccccc21)C(C)C)C(=O)OCc1ccccc1. The van der Waals surface area contributed by atoms with Crippen molar-refractivity contribution in [3.05, 3.63) is 131 Å². The minimum Gasteiger partial charge on any atom is -0.459 e. The van der Waals surface area contributed by atoms with Crippen molar-refractivity contribution in [3.8, 4) is 11.1 Å². The van der Waals surface area contributed by atoms with E-state index in [9.17, 15) is 19.2 Å². The topological polar surface area (TPSA) is 123 Å². The van der Waals surface area contributed by atoms with E-state index < -0.39 is 42.0 Å². The van der Waals surface area contributed by atoms with Gasteiger partial charge in [-0.25, -0.2) is 9.59 Å². The van der Waals surface area contributed by atoms with Crippen LogP contribution in [0.2, 0.25) is 0 Å².